The van der Waals surface area contributed by atoms with Crippen molar-refractivity contribution in [3.05, 3.63) is 0 Å². The molecule has 4 nitrogen and oxygen atoms in total. The molecule has 0 aromatic rings. The molecular formula is C21H32O4. The minimum Gasteiger partial charge on any atom is -0.481 e. The van der Waals surface area contributed by atoms with E-state index in [2.05, 4.69) is 6.92 Å². The molecule has 9 unspecified atom stereocenters. The maximum absolute atomic E-state index is 13.0. The third kappa shape index (κ3) is 2.71. The average molecular weight is 348 g/mol. The van der Waals surface area contributed by atoms with Crippen LogP contribution in [0, 0.1) is 47.3 Å². The normalized spacial score (nSPS) is 47.8. The topological polar surface area (TPSA) is 63.6 Å². The fourth-order valence-corrected chi connectivity index (χ4v) is 7.17. The summed E-state index contributed by atoms with van der Waals surface area (Å²) in [7, 11) is 0. The minimum absolute atomic E-state index is 0.0597. The molecule has 0 radical (unpaired) electrons. The molecule has 4 aliphatic carbocycles. The molecule has 0 aromatic heterocycles. The summed E-state index contributed by atoms with van der Waals surface area (Å²) in [6.07, 6.45) is 8.86. The molecule has 1 N–H and O–H groups in total. The predicted molar refractivity (Wildman–Crippen MR) is 93.7 cm³/mol. The Balaban J connectivity index is 1.47. The summed E-state index contributed by atoms with van der Waals surface area (Å²) in [6.45, 7) is 4.11. The molecule has 4 aliphatic rings. The van der Waals surface area contributed by atoms with Crippen LogP contribution in [0.3, 0.4) is 0 Å². The van der Waals surface area contributed by atoms with Crippen molar-refractivity contribution in [3.63, 3.8) is 0 Å². The van der Waals surface area contributed by atoms with Crippen LogP contribution in [-0.2, 0) is 14.3 Å². The van der Waals surface area contributed by atoms with Gasteiger partial charge >= 0.3 is 11.9 Å². The lowest BCUT2D eigenvalue weighted by atomic mass is 9.80. The standard InChI is InChI=1S/C21H32O4/c1-3-11-8-12(4-2)19(18(11)20(22)23)21(24)25-17-10-13-9-16(17)15-7-5-6-14(13)15/h11-19H,3-10H2,1-2H3,(H,22,23). The Bertz CT molecular complexity index is 544. The number of rotatable bonds is 5. The summed E-state index contributed by atoms with van der Waals surface area (Å²) in [4.78, 5) is 24.9. The van der Waals surface area contributed by atoms with Crippen LogP contribution in [0.25, 0.3) is 0 Å². The first-order valence-corrected chi connectivity index (χ1v) is 10.5. The van der Waals surface area contributed by atoms with Crippen molar-refractivity contribution in [2.45, 2.75) is 71.3 Å². The molecule has 4 rings (SSSR count). The third-order valence-corrected chi connectivity index (χ3v) is 8.25. The number of esters is 1. The van der Waals surface area contributed by atoms with Crippen LogP contribution in [0.2, 0.25) is 0 Å². The number of carbonyl (C=O) groups excluding carboxylic acids is 1. The van der Waals surface area contributed by atoms with Crippen molar-refractivity contribution in [2.75, 3.05) is 0 Å². The maximum Gasteiger partial charge on any atom is 0.310 e. The summed E-state index contributed by atoms with van der Waals surface area (Å²) in [5.41, 5.74) is 0. The van der Waals surface area contributed by atoms with Crippen molar-refractivity contribution < 1.29 is 19.4 Å². The van der Waals surface area contributed by atoms with Crippen LogP contribution in [-0.4, -0.2) is 23.1 Å². The van der Waals surface area contributed by atoms with E-state index in [9.17, 15) is 14.7 Å². The van der Waals surface area contributed by atoms with E-state index in [0.717, 1.165) is 43.4 Å². The molecule has 140 valence electrons. The second-order valence-electron chi connectivity index (χ2n) is 9.09. The highest BCUT2D eigenvalue weighted by Gasteiger charge is 2.56. The van der Waals surface area contributed by atoms with Gasteiger partial charge in [0.05, 0.1) is 11.8 Å². The van der Waals surface area contributed by atoms with E-state index >= 15 is 0 Å². The van der Waals surface area contributed by atoms with E-state index in [1.165, 1.54) is 25.7 Å². The van der Waals surface area contributed by atoms with Gasteiger partial charge in [-0.1, -0.05) is 33.1 Å². The fourth-order valence-electron chi connectivity index (χ4n) is 7.17. The van der Waals surface area contributed by atoms with Crippen molar-refractivity contribution in [3.8, 4) is 0 Å². The number of ether oxygens (including phenoxy) is 1. The number of hydrogen-bond donors (Lipinski definition) is 1. The monoisotopic (exact) mass is 348 g/mol. The van der Waals surface area contributed by atoms with Crippen molar-refractivity contribution in [2.24, 2.45) is 47.3 Å². The van der Waals surface area contributed by atoms with Gasteiger partial charge in [-0.2, -0.15) is 0 Å². The molecule has 0 aromatic carbocycles. The highest BCUT2D eigenvalue weighted by Crippen LogP contribution is 2.59. The molecule has 0 aliphatic heterocycles. The van der Waals surface area contributed by atoms with Crippen molar-refractivity contribution in [1.82, 2.24) is 0 Å². The smallest absolute Gasteiger partial charge is 0.310 e. The first-order valence-electron chi connectivity index (χ1n) is 10.5. The molecular weight excluding hydrogens is 316 g/mol. The summed E-state index contributed by atoms with van der Waals surface area (Å²) in [5.74, 6) is 1.21. The van der Waals surface area contributed by atoms with E-state index < -0.39 is 17.8 Å². The van der Waals surface area contributed by atoms with E-state index in [-0.39, 0.29) is 23.9 Å². The molecule has 0 amide bonds. The maximum atomic E-state index is 13.0. The first-order chi connectivity index (χ1) is 12.0. The van der Waals surface area contributed by atoms with Crippen LogP contribution in [0.4, 0.5) is 0 Å². The zero-order valence-corrected chi connectivity index (χ0v) is 15.5. The minimum atomic E-state index is -0.812. The number of carboxylic acids is 1. The van der Waals surface area contributed by atoms with Gasteiger partial charge < -0.3 is 9.84 Å². The Kier molecular flexibility index (Phi) is 4.57. The fraction of sp³-hybridized carbons (Fsp3) is 0.905. The van der Waals surface area contributed by atoms with Crippen LogP contribution in [0.1, 0.15) is 65.2 Å². The Morgan fingerprint density at radius 3 is 2.28 bits per heavy atom. The summed E-state index contributed by atoms with van der Waals surface area (Å²) >= 11 is 0. The number of fused-ring (bicyclic) bond motifs is 5. The molecule has 25 heavy (non-hydrogen) atoms. The molecule has 0 heterocycles. The number of carboxylic acid groups (broad SMARTS) is 1. The number of hydrogen-bond acceptors (Lipinski definition) is 3. The summed E-state index contributed by atoms with van der Waals surface area (Å²) < 4.78 is 6.04. The van der Waals surface area contributed by atoms with Crippen molar-refractivity contribution >= 4 is 11.9 Å². The van der Waals surface area contributed by atoms with Gasteiger partial charge in [0.15, 0.2) is 0 Å². The van der Waals surface area contributed by atoms with Gasteiger partial charge in [0.2, 0.25) is 0 Å². The average Bonchev–Trinajstić information content (AvgIpc) is 3.32. The molecule has 9 atom stereocenters. The van der Waals surface area contributed by atoms with Crippen LogP contribution < -0.4 is 0 Å². The SMILES string of the molecule is CCC1CC(CC)C(C(=O)OC2CC3CC2C2CCCC32)C1C(=O)O. The highest BCUT2D eigenvalue weighted by molar-refractivity contribution is 5.82. The van der Waals surface area contributed by atoms with Gasteiger partial charge in [0, 0.05) is 0 Å². The van der Waals surface area contributed by atoms with Gasteiger partial charge in [0.25, 0.3) is 0 Å². The quantitative estimate of drug-likeness (QED) is 0.759. The van der Waals surface area contributed by atoms with Gasteiger partial charge in [-0.05, 0) is 67.6 Å². The van der Waals surface area contributed by atoms with Crippen LogP contribution in [0.5, 0.6) is 0 Å². The lowest BCUT2D eigenvalue weighted by molar-refractivity contribution is -0.166. The molecule has 2 bridgehead atoms. The van der Waals surface area contributed by atoms with E-state index in [4.69, 9.17) is 4.74 Å². The molecule has 0 saturated heterocycles. The Labute approximate surface area is 150 Å². The summed E-state index contributed by atoms with van der Waals surface area (Å²) in [6, 6.07) is 0. The van der Waals surface area contributed by atoms with Crippen molar-refractivity contribution in [1.29, 1.82) is 0 Å². The molecule has 0 spiro atoms. The Morgan fingerprint density at radius 2 is 1.60 bits per heavy atom. The zero-order valence-electron chi connectivity index (χ0n) is 15.5. The van der Waals surface area contributed by atoms with Gasteiger partial charge in [0.1, 0.15) is 6.10 Å². The van der Waals surface area contributed by atoms with E-state index in [0.29, 0.717) is 5.92 Å². The second-order valence-corrected chi connectivity index (χ2v) is 9.09. The molecule has 4 saturated carbocycles. The van der Waals surface area contributed by atoms with Gasteiger partial charge in [-0.15, -0.1) is 0 Å². The molecule has 4 fully saturated rings. The highest BCUT2D eigenvalue weighted by atomic mass is 16.5. The Morgan fingerprint density at radius 1 is 0.920 bits per heavy atom. The van der Waals surface area contributed by atoms with Gasteiger partial charge in [-0.3, -0.25) is 9.59 Å². The largest absolute Gasteiger partial charge is 0.481 e. The van der Waals surface area contributed by atoms with E-state index in [1.807, 2.05) is 6.92 Å². The van der Waals surface area contributed by atoms with E-state index in [1.54, 1.807) is 0 Å². The second kappa shape index (κ2) is 6.59. The van der Waals surface area contributed by atoms with Gasteiger partial charge in [-0.25, -0.2) is 0 Å². The third-order valence-electron chi connectivity index (χ3n) is 8.25. The zero-order chi connectivity index (χ0) is 17.7. The lowest BCUT2D eigenvalue weighted by Gasteiger charge is -2.32. The first kappa shape index (κ1) is 17.4. The Hall–Kier alpha value is -1.06. The predicted octanol–water partition coefficient (Wildman–Crippen LogP) is 4.13. The van der Waals surface area contributed by atoms with Crippen LogP contribution >= 0.6 is 0 Å². The summed E-state index contributed by atoms with van der Waals surface area (Å²) in [5, 5.41) is 9.73. The molecule has 4 heteroatoms. The number of carbonyl (C=O) groups is 2. The number of aliphatic carboxylic acids is 1. The lowest BCUT2D eigenvalue weighted by Crippen LogP contribution is -2.38. The van der Waals surface area contributed by atoms with Crippen LogP contribution in [0.15, 0.2) is 0 Å².